The maximum Gasteiger partial charge on any atom is 0.161 e. The molecule has 0 spiro atoms. The number of nitrogens with zero attached hydrogens (tertiary/aromatic N) is 2. The van der Waals surface area contributed by atoms with Crippen molar-refractivity contribution < 1.29 is 0 Å². The summed E-state index contributed by atoms with van der Waals surface area (Å²) in [6.07, 6.45) is 0. The molecule has 0 atom stereocenters. The second-order valence-corrected chi connectivity index (χ2v) is 14.5. The van der Waals surface area contributed by atoms with Gasteiger partial charge in [0.05, 0.1) is 11.4 Å². The molecule has 0 N–H and O–H groups in total. The van der Waals surface area contributed by atoms with E-state index in [4.69, 9.17) is 9.97 Å². The third kappa shape index (κ3) is 5.78. The van der Waals surface area contributed by atoms with E-state index in [1.807, 2.05) is 17.4 Å². The maximum atomic E-state index is 5.40. The molecular weight excluding hydrogens is 661 g/mol. The van der Waals surface area contributed by atoms with Gasteiger partial charge >= 0.3 is 0 Å². The second kappa shape index (κ2) is 13.1. The van der Waals surface area contributed by atoms with E-state index in [-0.39, 0.29) is 0 Å². The summed E-state index contributed by atoms with van der Waals surface area (Å²) in [7, 11) is 0. The van der Waals surface area contributed by atoms with Gasteiger partial charge in [-0.2, -0.15) is 0 Å². The number of thiophene rings is 1. The molecule has 0 bridgehead atoms. The molecule has 0 fully saturated rings. The molecule has 0 aliphatic carbocycles. The summed E-state index contributed by atoms with van der Waals surface area (Å²) in [5.41, 5.74) is 11.8. The Bertz CT molecular complexity index is 2950. The molecule has 0 saturated carbocycles. The zero-order valence-electron chi connectivity index (χ0n) is 28.8. The quantitative estimate of drug-likeness (QED) is 0.173. The zero-order valence-corrected chi connectivity index (χ0v) is 29.6. The Balaban J connectivity index is 1.24. The van der Waals surface area contributed by atoms with Crippen LogP contribution in [0.15, 0.2) is 194 Å². The lowest BCUT2D eigenvalue weighted by Gasteiger charge is -2.15. The van der Waals surface area contributed by atoms with Crippen molar-refractivity contribution in [3.8, 4) is 67.3 Å². The van der Waals surface area contributed by atoms with Crippen LogP contribution >= 0.6 is 11.3 Å². The van der Waals surface area contributed by atoms with Gasteiger partial charge in [-0.05, 0) is 86.6 Å². The molecule has 0 unspecified atom stereocenters. The lowest BCUT2D eigenvalue weighted by molar-refractivity contribution is 1.18. The molecule has 248 valence electrons. The van der Waals surface area contributed by atoms with Gasteiger partial charge in [-0.3, -0.25) is 0 Å². The van der Waals surface area contributed by atoms with Gasteiger partial charge < -0.3 is 0 Å². The highest BCUT2D eigenvalue weighted by Gasteiger charge is 2.18. The third-order valence-electron chi connectivity index (χ3n) is 10.1. The van der Waals surface area contributed by atoms with Crippen molar-refractivity contribution in [2.75, 3.05) is 0 Å². The Morgan fingerprint density at radius 1 is 0.321 bits per heavy atom. The molecule has 0 aliphatic heterocycles. The van der Waals surface area contributed by atoms with Crippen LogP contribution in [0.4, 0.5) is 0 Å². The fraction of sp³-hybridized carbons (Fsp3) is 0. The standard InChI is InChI=1S/C50H32N2S/c1-3-15-34(16-4-1)41-20-9-10-21-43(41)50-51-45(35-17-5-2-6-18-35)32-46(52-50)40-30-38(37-27-26-33-14-7-8-19-36(33)28-37)29-39(31-40)42-23-13-25-48-49(42)44-22-11-12-24-47(44)53-48/h1-32H. The van der Waals surface area contributed by atoms with Gasteiger partial charge in [0, 0.05) is 36.9 Å². The largest absolute Gasteiger partial charge is 0.228 e. The van der Waals surface area contributed by atoms with Gasteiger partial charge in [-0.25, -0.2) is 9.97 Å². The predicted octanol–water partition coefficient (Wildman–Crippen LogP) is 14.0. The van der Waals surface area contributed by atoms with E-state index in [9.17, 15) is 0 Å². The highest BCUT2D eigenvalue weighted by atomic mass is 32.1. The van der Waals surface area contributed by atoms with Gasteiger partial charge in [0.1, 0.15) is 0 Å². The van der Waals surface area contributed by atoms with Crippen molar-refractivity contribution in [3.63, 3.8) is 0 Å². The van der Waals surface area contributed by atoms with E-state index in [2.05, 4.69) is 188 Å². The Kier molecular flexibility index (Phi) is 7.71. The van der Waals surface area contributed by atoms with Crippen LogP contribution in [0.25, 0.3) is 98.2 Å². The van der Waals surface area contributed by atoms with Crippen LogP contribution in [0.2, 0.25) is 0 Å². The maximum absolute atomic E-state index is 5.40. The van der Waals surface area contributed by atoms with Gasteiger partial charge in [0.25, 0.3) is 0 Å². The number of hydrogen-bond acceptors (Lipinski definition) is 3. The molecule has 0 aliphatic rings. The molecule has 2 aromatic heterocycles. The number of aromatic nitrogens is 2. The van der Waals surface area contributed by atoms with Crippen molar-refractivity contribution >= 4 is 42.3 Å². The van der Waals surface area contributed by atoms with Gasteiger partial charge in [-0.15, -0.1) is 11.3 Å². The normalized spacial score (nSPS) is 11.4. The van der Waals surface area contributed by atoms with Crippen molar-refractivity contribution in [1.82, 2.24) is 9.97 Å². The highest BCUT2D eigenvalue weighted by Crippen LogP contribution is 2.43. The fourth-order valence-corrected chi connectivity index (χ4v) is 8.63. The number of hydrogen-bond donors (Lipinski definition) is 0. The van der Waals surface area contributed by atoms with Crippen LogP contribution < -0.4 is 0 Å². The summed E-state index contributed by atoms with van der Waals surface area (Å²) >= 11 is 1.85. The average molecular weight is 693 g/mol. The summed E-state index contributed by atoms with van der Waals surface area (Å²) in [6, 6.07) is 69.3. The van der Waals surface area contributed by atoms with E-state index < -0.39 is 0 Å². The molecule has 2 heterocycles. The highest BCUT2D eigenvalue weighted by molar-refractivity contribution is 7.25. The molecule has 10 aromatic rings. The number of rotatable bonds is 6. The average Bonchev–Trinajstić information content (AvgIpc) is 3.63. The van der Waals surface area contributed by atoms with Crippen molar-refractivity contribution in [2.45, 2.75) is 0 Å². The molecule has 0 radical (unpaired) electrons. The molecule has 0 saturated heterocycles. The Labute approximate surface area is 312 Å². The van der Waals surface area contributed by atoms with Crippen LogP contribution in [0.3, 0.4) is 0 Å². The smallest absolute Gasteiger partial charge is 0.161 e. The second-order valence-electron chi connectivity index (χ2n) is 13.4. The van der Waals surface area contributed by atoms with E-state index in [0.717, 1.165) is 50.3 Å². The summed E-state index contributed by atoms with van der Waals surface area (Å²) in [4.78, 5) is 10.6. The van der Waals surface area contributed by atoms with Crippen LogP contribution in [-0.4, -0.2) is 9.97 Å². The minimum atomic E-state index is 0.699. The molecule has 2 nitrogen and oxygen atoms in total. The van der Waals surface area contributed by atoms with Gasteiger partial charge in [-0.1, -0.05) is 152 Å². The SMILES string of the molecule is c1ccc(-c2cc(-c3cc(-c4ccc5ccccc5c4)cc(-c4cccc5sc6ccccc6c45)c3)nc(-c3ccccc3-c3ccccc3)n2)cc1. The predicted molar refractivity (Wildman–Crippen MR) is 225 cm³/mol. The van der Waals surface area contributed by atoms with Crippen molar-refractivity contribution in [2.24, 2.45) is 0 Å². The first-order valence-electron chi connectivity index (χ1n) is 17.9. The molecule has 8 aromatic carbocycles. The lowest BCUT2D eigenvalue weighted by Crippen LogP contribution is -1.98. The molecular formula is C50H32N2S. The van der Waals surface area contributed by atoms with Crippen LogP contribution in [-0.2, 0) is 0 Å². The number of fused-ring (bicyclic) bond motifs is 4. The van der Waals surface area contributed by atoms with Crippen LogP contribution in [0.1, 0.15) is 0 Å². The van der Waals surface area contributed by atoms with Crippen molar-refractivity contribution in [3.05, 3.63) is 194 Å². The first-order chi connectivity index (χ1) is 26.2. The minimum absolute atomic E-state index is 0.699. The van der Waals surface area contributed by atoms with E-state index >= 15 is 0 Å². The summed E-state index contributed by atoms with van der Waals surface area (Å²) in [5.74, 6) is 0.699. The minimum Gasteiger partial charge on any atom is -0.228 e. The zero-order chi connectivity index (χ0) is 35.1. The monoisotopic (exact) mass is 692 g/mol. The Hall–Kier alpha value is -6.68. The van der Waals surface area contributed by atoms with Crippen LogP contribution in [0.5, 0.6) is 0 Å². The van der Waals surface area contributed by atoms with E-state index in [0.29, 0.717) is 5.82 Å². The van der Waals surface area contributed by atoms with Gasteiger partial charge in [0.2, 0.25) is 0 Å². The Morgan fingerprint density at radius 2 is 0.925 bits per heavy atom. The summed E-state index contributed by atoms with van der Waals surface area (Å²) < 4.78 is 2.58. The number of benzene rings is 8. The lowest BCUT2D eigenvalue weighted by atomic mass is 9.92. The first kappa shape index (κ1) is 31.1. The molecule has 10 rings (SSSR count). The topological polar surface area (TPSA) is 25.8 Å². The van der Waals surface area contributed by atoms with Gasteiger partial charge in [0.15, 0.2) is 5.82 Å². The first-order valence-corrected chi connectivity index (χ1v) is 18.7. The van der Waals surface area contributed by atoms with E-state index in [1.54, 1.807) is 0 Å². The third-order valence-corrected chi connectivity index (χ3v) is 11.2. The molecule has 0 amide bonds. The fourth-order valence-electron chi connectivity index (χ4n) is 7.50. The van der Waals surface area contributed by atoms with E-state index in [1.165, 1.54) is 42.1 Å². The van der Waals surface area contributed by atoms with Crippen LogP contribution in [0, 0.1) is 0 Å². The summed E-state index contributed by atoms with van der Waals surface area (Å²) in [5, 5.41) is 5.03. The Morgan fingerprint density at radius 3 is 1.75 bits per heavy atom. The molecule has 3 heteroatoms. The van der Waals surface area contributed by atoms with Crippen molar-refractivity contribution in [1.29, 1.82) is 0 Å². The summed E-state index contributed by atoms with van der Waals surface area (Å²) in [6.45, 7) is 0. The molecule has 53 heavy (non-hydrogen) atoms.